The Labute approximate surface area is 74.6 Å². The summed E-state index contributed by atoms with van der Waals surface area (Å²) in [5.74, 6) is 0. The van der Waals surface area contributed by atoms with Crippen molar-refractivity contribution in [3.05, 3.63) is 0 Å². The van der Waals surface area contributed by atoms with Crippen molar-refractivity contribution >= 4 is 14.4 Å². The Balaban J connectivity index is 2.23. The van der Waals surface area contributed by atoms with Crippen LogP contribution in [0.4, 0.5) is 0 Å². The second-order valence-electron chi connectivity index (χ2n) is 2.97. The van der Waals surface area contributed by atoms with Crippen LogP contribution in [0, 0.1) is 0 Å². The van der Waals surface area contributed by atoms with Crippen molar-refractivity contribution in [1.82, 2.24) is 5.25 Å². The average Bonchev–Trinajstić information content (AvgIpc) is 2.19. The van der Waals surface area contributed by atoms with Crippen molar-refractivity contribution in [3.8, 4) is 0 Å². The van der Waals surface area contributed by atoms with Crippen LogP contribution in [-0.2, 0) is 9.63 Å². The molecule has 1 saturated heterocycles. The van der Waals surface area contributed by atoms with E-state index in [-0.39, 0.29) is 8.07 Å². The smallest absolute Gasteiger partial charge is 0.125 e. The first-order valence-corrected chi connectivity index (χ1v) is 6.20. The predicted octanol–water partition coefficient (Wildman–Crippen LogP) is 1.68. The summed E-state index contributed by atoms with van der Waals surface area (Å²) in [4.78, 5) is 15.5. The molecule has 1 heterocycles. The molecule has 4 heteroatoms. The molecule has 0 radical (unpaired) electrons. The Morgan fingerprint density at radius 2 is 2.17 bits per heavy atom. The first-order valence-electron chi connectivity index (χ1n) is 4.49. The van der Waals surface area contributed by atoms with Crippen LogP contribution in [-0.4, -0.2) is 25.2 Å². The standard InChI is InChI=1S/C8H16NO2P/c10-5-8-12-7-4-2-1-3-6-11-9-12/h5,9H,1-4,6-8H2. The van der Waals surface area contributed by atoms with Gasteiger partial charge in [-0.3, -0.25) is 4.84 Å². The number of aldehydes is 1. The lowest BCUT2D eigenvalue weighted by Gasteiger charge is -2.13. The molecule has 0 spiro atoms. The second-order valence-corrected chi connectivity index (χ2v) is 5.04. The molecule has 0 aromatic rings. The minimum atomic E-state index is -0.373. The lowest BCUT2D eigenvalue weighted by Crippen LogP contribution is -2.12. The van der Waals surface area contributed by atoms with E-state index < -0.39 is 0 Å². The highest BCUT2D eigenvalue weighted by atomic mass is 31.1. The van der Waals surface area contributed by atoms with Gasteiger partial charge in [0.05, 0.1) is 6.61 Å². The molecule has 70 valence electrons. The second kappa shape index (κ2) is 6.53. The quantitative estimate of drug-likeness (QED) is 0.530. The lowest BCUT2D eigenvalue weighted by molar-refractivity contribution is -0.105. The average molecular weight is 189 g/mol. The largest absolute Gasteiger partial charge is 0.303 e. The molecule has 1 atom stereocenters. The third-order valence-corrected chi connectivity index (χ3v) is 3.75. The van der Waals surface area contributed by atoms with Crippen molar-refractivity contribution in [2.75, 3.05) is 18.9 Å². The molecule has 1 N–H and O–H groups in total. The van der Waals surface area contributed by atoms with Crippen LogP contribution in [0.25, 0.3) is 0 Å². The van der Waals surface area contributed by atoms with Gasteiger partial charge in [0.15, 0.2) is 0 Å². The van der Waals surface area contributed by atoms with Gasteiger partial charge in [0.25, 0.3) is 0 Å². The zero-order valence-corrected chi connectivity index (χ0v) is 8.19. The van der Waals surface area contributed by atoms with Crippen molar-refractivity contribution in [1.29, 1.82) is 0 Å². The van der Waals surface area contributed by atoms with Crippen LogP contribution in [0.1, 0.15) is 25.7 Å². The van der Waals surface area contributed by atoms with Crippen LogP contribution in [0.15, 0.2) is 0 Å². The van der Waals surface area contributed by atoms with Crippen LogP contribution >= 0.6 is 8.07 Å². The van der Waals surface area contributed by atoms with E-state index in [4.69, 9.17) is 4.84 Å². The summed E-state index contributed by atoms with van der Waals surface area (Å²) in [6.07, 6.45) is 7.64. The third-order valence-electron chi connectivity index (χ3n) is 1.91. The van der Waals surface area contributed by atoms with E-state index in [9.17, 15) is 4.79 Å². The van der Waals surface area contributed by atoms with Crippen molar-refractivity contribution < 1.29 is 9.63 Å². The molecule has 0 saturated carbocycles. The Morgan fingerprint density at radius 3 is 3.00 bits per heavy atom. The summed E-state index contributed by atoms with van der Waals surface area (Å²) in [5.41, 5.74) is 0. The Hall–Kier alpha value is 0.0200. The van der Waals surface area contributed by atoms with Crippen LogP contribution in [0.5, 0.6) is 0 Å². The van der Waals surface area contributed by atoms with Gasteiger partial charge in [0.2, 0.25) is 0 Å². The number of carbonyl (C=O) groups excluding carboxylic acids is 1. The fourth-order valence-electron chi connectivity index (χ4n) is 1.23. The molecule has 12 heavy (non-hydrogen) atoms. The number of rotatable bonds is 2. The number of carbonyl (C=O) groups is 1. The van der Waals surface area contributed by atoms with Gasteiger partial charge in [-0.05, 0) is 27.1 Å². The maximum absolute atomic E-state index is 10.3. The van der Waals surface area contributed by atoms with Gasteiger partial charge in [-0.25, -0.2) is 0 Å². The molecule has 1 fully saturated rings. The molecule has 3 nitrogen and oxygen atoms in total. The maximum atomic E-state index is 10.3. The third kappa shape index (κ3) is 4.15. The first-order chi connectivity index (χ1) is 5.93. The Bertz CT molecular complexity index is 122. The highest BCUT2D eigenvalue weighted by Crippen LogP contribution is 2.31. The van der Waals surface area contributed by atoms with E-state index in [1.165, 1.54) is 19.3 Å². The van der Waals surface area contributed by atoms with Gasteiger partial charge in [-0.1, -0.05) is 12.8 Å². The molecule has 0 bridgehead atoms. The molecule has 1 unspecified atom stereocenters. The van der Waals surface area contributed by atoms with E-state index in [1.54, 1.807) is 0 Å². The van der Waals surface area contributed by atoms with Crippen LogP contribution < -0.4 is 5.25 Å². The van der Waals surface area contributed by atoms with Gasteiger partial charge in [-0.2, -0.15) is 5.25 Å². The van der Waals surface area contributed by atoms with Crippen molar-refractivity contribution in [2.45, 2.75) is 25.7 Å². The lowest BCUT2D eigenvalue weighted by atomic mass is 10.2. The highest BCUT2D eigenvalue weighted by Gasteiger charge is 2.08. The molecule has 1 rings (SSSR count). The number of hydrogen-bond donors (Lipinski definition) is 1. The molecular formula is C8H16NO2P. The van der Waals surface area contributed by atoms with Gasteiger partial charge < -0.3 is 4.79 Å². The monoisotopic (exact) mass is 189 g/mol. The van der Waals surface area contributed by atoms with E-state index >= 15 is 0 Å². The fourth-order valence-corrected chi connectivity index (χ4v) is 2.64. The first kappa shape index (κ1) is 10.1. The molecule has 1 aliphatic rings. The van der Waals surface area contributed by atoms with E-state index in [0.717, 1.165) is 25.5 Å². The molecule has 0 aromatic heterocycles. The summed E-state index contributed by atoms with van der Waals surface area (Å²) < 4.78 is 0. The SMILES string of the molecule is O=CCP1CCCCCCON1. The Kier molecular flexibility index (Phi) is 5.50. The normalized spacial score (nSPS) is 26.8. The minimum absolute atomic E-state index is 0.373. The Morgan fingerprint density at radius 1 is 1.33 bits per heavy atom. The van der Waals surface area contributed by atoms with Gasteiger partial charge in [0, 0.05) is 6.16 Å². The molecule has 1 aliphatic heterocycles. The van der Waals surface area contributed by atoms with E-state index in [0.29, 0.717) is 6.16 Å². The van der Waals surface area contributed by atoms with Crippen molar-refractivity contribution in [2.24, 2.45) is 0 Å². The summed E-state index contributed by atoms with van der Waals surface area (Å²) in [6.45, 7) is 0.789. The van der Waals surface area contributed by atoms with E-state index in [2.05, 4.69) is 5.25 Å². The van der Waals surface area contributed by atoms with Gasteiger partial charge >= 0.3 is 0 Å². The zero-order valence-electron chi connectivity index (χ0n) is 7.29. The summed E-state index contributed by atoms with van der Waals surface area (Å²) in [6, 6.07) is 0. The predicted molar refractivity (Wildman–Crippen MR) is 50.3 cm³/mol. The molecule has 0 aromatic carbocycles. The highest BCUT2D eigenvalue weighted by molar-refractivity contribution is 7.56. The topological polar surface area (TPSA) is 38.3 Å². The fraction of sp³-hybridized carbons (Fsp3) is 0.875. The van der Waals surface area contributed by atoms with Crippen LogP contribution in [0.3, 0.4) is 0 Å². The van der Waals surface area contributed by atoms with Gasteiger partial charge in [0.1, 0.15) is 6.29 Å². The molecule has 0 amide bonds. The molecular weight excluding hydrogens is 173 g/mol. The zero-order chi connectivity index (χ0) is 8.65. The van der Waals surface area contributed by atoms with Gasteiger partial charge in [-0.15, -0.1) is 0 Å². The number of hydrogen-bond acceptors (Lipinski definition) is 3. The minimum Gasteiger partial charge on any atom is -0.303 e. The van der Waals surface area contributed by atoms with E-state index in [1.807, 2.05) is 0 Å². The maximum Gasteiger partial charge on any atom is 0.125 e. The summed E-state index contributed by atoms with van der Waals surface area (Å²) >= 11 is 0. The number of nitrogens with one attached hydrogen (secondary N) is 1. The summed E-state index contributed by atoms with van der Waals surface area (Å²) in [7, 11) is -0.373. The van der Waals surface area contributed by atoms with Crippen molar-refractivity contribution in [3.63, 3.8) is 0 Å². The van der Waals surface area contributed by atoms with Crippen LogP contribution in [0.2, 0.25) is 0 Å². The molecule has 0 aliphatic carbocycles. The summed E-state index contributed by atoms with van der Waals surface area (Å²) in [5, 5.41) is 3.00.